The summed E-state index contributed by atoms with van der Waals surface area (Å²) in [6.45, 7) is 6.10. The van der Waals surface area contributed by atoms with Gasteiger partial charge in [-0.05, 0) is 36.1 Å². The predicted molar refractivity (Wildman–Crippen MR) is 95.9 cm³/mol. The van der Waals surface area contributed by atoms with Gasteiger partial charge in [-0.25, -0.2) is 0 Å². The van der Waals surface area contributed by atoms with Gasteiger partial charge in [0.15, 0.2) is 5.96 Å². The van der Waals surface area contributed by atoms with Crippen LogP contribution in [0.15, 0.2) is 47.0 Å². The quantitative estimate of drug-likeness (QED) is 0.538. The van der Waals surface area contributed by atoms with Crippen molar-refractivity contribution in [1.29, 1.82) is 0 Å². The van der Waals surface area contributed by atoms with Gasteiger partial charge in [-0.3, -0.25) is 9.98 Å². The fourth-order valence-electron chi connectivity index (χ4n) is 2.13. The lowest BCUT2D eigenvalue weighted by atomic mass is 10.1. The van der Waals surface area contributed by atoms with Gasteiger partial charge < -0.3 is 15.7 Å². The summed E-state index contributed by atoms with van der Waals surface area (Å²) < 4.78 is 0. The highest BCUT2D eigenvalue weighted by Gasteiger charge is 2.09. The average Bonchev–Trinajstić information content (AvgIpc) is 3.12. The molecule has 0 amide bonds. The van der Waals surface area contributed by atoms with E-state index in [1.165, 1.54) is 4.88 Å². The molecule has 0 aliphatic carbocycles. The summed E-state index contributed by atoms with van der Waals surface area (Å²) in [4.78, 5) is 9.91. The number of thiophene rings is 1. The maximum absolute atomic E-state index is 10.2. The standard InChI is InChI=1S/C17H24N4OS/c1-3-19-17(20-11-13(2)16-5-4-10-23-16)21-12-15(22)14-6-8-18-9-7-14/h4-10,13,15,22H,3,11-12H2,1-2H3,(H2,19,20,21). The Morgan fingerprint density at radius 3 is 2.74 bits per heavy atom. The number of aromatic nitrogens is 1. The van der Waals surface area contributed by atoms with Gasteiger partial charge >= 0.3 is 0 Å². The number of aliphatic hydroxyl groups is 1. The zero-order valence-electron chi connectivity index (χ0n) is 13.6. The first-order valence-electron chi connectivity index (χ1n) is 7.84. The molecule has 0 aliphatic heterocycles. The van der Waals surface area contributed by atoms with Crippen LogP contribution in [-0.4, -0.2) is 35.7 Å². The Bertz CT molecular complexity index is 586. The van der Waals surface area contributed by atoms with Gasteiger partial charge in [0, 0.05) is 36.3 Å². The molecular weight excluding hydrogens is 308 g/mol. The molecule has 2 heterocycles. The van der Waals surface area contributed by atoms with Crippen LogP contribution in [0.4, 0.5) is 0 Å². The molecule has 2 aromatic rings. The van der Waals surface area contributed by atoms with Gasteiger partial charge in [-0.2, -0.15) is 0 Å². The fourth-order valence-corrected chi connectivity index (χ4v) is 2.91. The van der Waals surface area contributed by atoms with E-state index in [4.69, 9.17) is 0 Å². The minimum absolute atomic E-state index is 0.385. The Balaban J connectivity index is 1.89. The number of nitrogens with one attached hydrogen (secondary N) is 2. The van der Waals surface area contributed by atoms with Crippen molar-refractivity contribution in [2.45, 2.75) is 25.9 Å². The number of nitrogens with zero attached hydrogens (tertiary/aromatic N) is 2. The molecule has 0 aromatic carbocycles. The van der Waals surface area contributed by atoms with Crippen molar-refractivity contribution in [3.8, 4) is 0 Å². The van der Waals surface area contributed by atoms with Crippen LogP contribution in [0.1, 0.15) is 36.3 Å². The maximum atomic E-state index is 10.2. The first kappa shape index (κ1) is 17.4. The minimum Gasteiger partial charge on any atom is -0.387 e. The van der Waals surface area contributed by atoms with Gasteiger partial charge in [0.2, 0.25) is 0 Å². The maximum Gasteiger partial charge on any atom is 0.191 e. The topological polar surface area (TPSA) is 69.5 Å². The Morgan fingerprint density at radius 2 is 2.09 bits per heavy atom. The normalized spacial score (nSPS) is 14.3. The molecule has 6 heteroatoms. The van der Waals surface area contributed by atoms with E-state index in [1.54, 1.807) is 23.7 Å². The molecular formula is C17H24N4OS. The largest absolute Gasteiger partial charge is 0.387 e. The molecule has 2 rings (SSSR count). The lowest BCUT2D eigenvalue weighted by Crippen LogP contribution is -2.39. The molecule has 23 heavy (non-hydrogen) atoms. The highest BCUT2D eigenvalue weighted by molar-refractivity contribution is 7.10. The molecule has 0 aliphatic rings. The molecule has 2 unspecified atom stereocenters. The second-order valence-corrected chi connectivity index (χ2v) is 6.29. The molecule has 3 N–H and O–H groups in total. The van der Waals surface area contributed by atoms with Crippen LogP contribution in [0.5, 0.6) is 0 Å². The summed E-state index contributed by atoms with van der Waals surface area (Å²) in [6.07, 6.45) is 2.78. The van der Waals surface area contributed by atoms with Crippen molar-refractivity contribution in [2.75, 3.05) is 19.6 Å². The van der Waals surface area contributed by atoms with Crippen molar-refractivity contribution in [3.05, 3.63) is 52.5 Å². The first-order valence-corrected chi connectivity index (χ1v) is 8.72. The number of guanidine groups is 1. The third-order valence-corrected chi connectivity index (χ3v) is 4.55. The molecule has 0 saturated heterocycles. The van der Waals surface area contributed by atoms with E-state index in [-0.39, 0.29) is 0 Å². The third kappa shape index (κ3) is 5.65. The van der Waals surface area contributed by atoms with E-state index in [1.807, 2.05) is 19.1 Å². The predicted octanol–water partition coefficient (Wildman–Crippen LogP) is 2.54. The molecule has 2 aromatic heterocycles. The molecule has 124 valence electrons. The van der Waals surface area contributed by atoms with Gasteiger partial charge in [-0.1, -0.05) is 13.0 Å². The smallest absolute Gasteiger partial charge is 0.191 e. The van der Waals surface area contributed by atoms with E-state index in [9.17, 15) is 5.11 Å². The van der Waals surface area contributed by atoms with Crippen LogP contribution in [-0.2, 0) is 0 Å². The highest BCUT2D eigenvalue weighted by atomic mass is 32.1. The number of aliphatic imine (C=N–C) groups is 1. The van der Waals surface area contributed by atoms with E-state index in [2.05, 4.69) is 45.0 Å². The van der Waals surface area contributed by atoms with Gasteiger partial charge in [0.05, 0.1) is 12.6 Å². The number of aliphatic hydroxyl groups excluding tert-OH is 1. The lowest BCUT2D eigenvalue weighted by molar-refractivity contribution is 0.180. The molecule has 0 fully saturated rings. The van der Waals surface area contributed by atoms with Crippen LogP contribution in [0.25, 0.3) is 0 Å². The van der Waals surface area contributed by atoms with Crippen molar-refractivity contribution < 1.29 is 5.11 Å². The Hall–Kier alpha value is -1.92. The summed E-state index contributed by atoms with van der Waals surface area (Å²) >= 11 is 1.76. The lowest BCUT2D eigenvalue weighted by Gasteiger charge is -2.16. The summed E-state index contributed by atoms with van der Waals surface area (Å²) in [7, 11) is 0. The van der Waals surface area contributed by atoms with Crippen molar-refractivity contribution in [1.82, 2.24) is 15.6 Å². The highest BCUT2D eigenvalue weighted by Crippen LogP contribution is 2.20. The number of pyridine rings is 1. The molecule has 5 nitrogen and oxygen atoms in total. The molecule has 0 spiro atoms. The molecule has 0 saturated carbocycles. The van der Waals surface area contributed by atoms with Crippen LogP contribution < -0.4 is 10.6 Å². The monoisotopic (exact) mass is 332 g/mol. The van der Waals surface area contributed by atoms with Crippen molar-refractivity contribution in [2.24, 2.45) is 4.99 Å². The van der Waals surface area contributed by atoms with Gasteiger partial charge in [-0.15, -0.1) is 11.3 Å². The van der Waals surface area contributed by atoms with Crippen molar-refractivity contribution >= 4 is 17.3 Å². The van der Waals surface area contributed by atoms with Crippen LogP contribution in [0.3, 0.4) is 0 Å². The Kier molecular flexibility index (Phi) is 7.03. The number of hydrogen-bond acceptors (Lipinski definition) is 4. The summed E-state index contributed by atoms with van der Waals surface area (Å²) in [6, 6.07) is 7.83. The fraction of sp³-hybridized carbons (Fsp3) is 0.412. The number of hydrogen-bond donors (Lipinski definition) is 3. The van der Waals surface area contributed by atoms with E-state index in [0.717, 1.165) is 18.1 Å². The molecule has 2 atom stereocenters. The molecule has 0 bridgehead atoms. The average molecular weight is 332 g/mol. The van der Waals surface area contributed by atoms with Gasteiger partial charge in [0.1, 0.15) is 0 Å². The Morgan fingerprint density at radius 1 is 1.30 bits per heavy atom. The second kappa shape index (κ2) is 9.27. The SMILES string of the molecule is CCNC(=NCC(C)c1cccs1)NCC(O)c1ccncc1. The zero-order valence-corrected chi connectivity index (χ0v) is 14.4. The van der Waals surface area contributed by atoms with Crippen LogP contribution >= 0.6 is 11.3 Å². The van der Waals surface area contributed by atoms with E-state index < -0.39 is 6.10 Å². The van der Waals surface area contributed by atoms with E-state index in [0.29, 0.717) is 19.0 Å². The number of rotatable bonds is 7. The second-order valence-electron chi connectivity index (χ2n) is 5.31. The first-order chi connectivity index (χ1) is 11.2. The van der Waals surface area contributed by atoms with Crippen LogP contribution in [0, 0.1) is 0 Å². The molecule has 0 radical (unpaired) electrons. The Labute approximate surface area is 141 Å². The summed E-state index contributed by atoms with van der Waals surface area (Å²) in [5.41, 5.74) is 0.843. The summed E-state index contributed by atoms with van der Waals surface area (Å²) in [5, 5.41) is 18.7. The zero-order chi connectivity index (χ0) is 16.5. The van der Waals surface area contributed by atoms with Crippen LogP contribution in [0.2, 0.25) is 0 Å². The van der Waals surface area contributed by atoms with E-state index >= 15 is 0 Å². The van der Waals surface area contributed by atoms with Gasteiger partial charge in [0.25, 0.3) is 0 Å². The third-order valence-electron chi connectivity index (χ3n) is 3.45. The summed E-state index contributed by atoms with van der Waals surface area (Å²) in [5.74, 6) is 1.11. The van der Waals surface area contributed by atoms with Crippen molar-refractivity contribution in [3.63, 3.8) is 0 Å². The minimum atomic E-state index is -0.587.